The van der Waals surface area contributed by atoms with Crippen LogP contribution in [0.5, 0.6) is 11.5 Å². The second-order valence-corrected chi connectivity index (χ2v) is 5.73. The van der Waals surface area contributed by atoms with Crippen LogP contribution < -0.4 is 9.47 Å². The van der Waals surface area contributed by atoms with Crippen molar-refractivity contribution in [2.24, 2.45) is 4.99 Å². The molecule has 8 nitrogen and oxygen atoms in total. The first kappa shape index (κ1) is 15.8. The maximum absolute atomic E-state index is 12.1. The average Bonchev–Trinajstić information content (AvgIpc) is 3.20. The molecule has 26 heavy (non-hydrogen) atoms. The van der Waals surface area contributed by atoms with Gasteiger partial charge in [-0.25, -0.2) is 9.79 Å². The molecule has 0 N–H and O–H groups in total. The first-order valence-corrected chi connectivity index (χ1v) is 7.69. The molecule has 2 aromatic carbocycles. The number of benzene rings is 2. The van der Waals surface area contributed by atoms with E-state index in [9.17, 15) is 14.9 Å². The zero-order valence-electron chi connectivity index (χ0n) is 13.6. The molecule has 0 radical (unpaired) electrons. The van der Waals surface area contributed by atoms with Crippen LogP contribution in [0, 0.1) is 17.0 Å². The highest BCUT2D eigenvalue weighted by molar-refractivity contribution is 6.13. The normalized spacial score (nSPS) is 16.6. The highest BCUT2D eigenvalue weighted by Crippen LogP contribution is 2.39. The average molecular weight is 352 g/mol. The number of carbonyl (C=O) groups is 1. The van der Waals surface area contributed by atoms with Crippen LogP contribution >= 0.6 is 0 Å². The fourth-order valence-electron chi connectivity index (χ4n) is 2.68. The molecule has 2 aromatic rings. The zero-order chi connectivity index (χ0) is 18.3. The number of carbonyl (C=O) groups excluding carboxylic acids is 1. The van der Waals surface area contributed by atoms with Crippen LogP contribution in [0.4, 0.5) is 5.69 Å². The van der Waals surface area contributed by atoms with Crippen molar-refractivity contribution in [1.29, 1.82) is 0 Å². The topological polar surface area (TPSA) is 100 Å². The van der Waals surface area contributed by atoms with Gasteiger partial charge in [0.25, 0.3) is 5.69 Å². The molecule has 0 saturated carbocycles. The van der Waals surface area contributed by atoms with Crippen molar-refractivity contribution < 1.29 is 23.9 Å². The van der Waals surface area contributed by atoms with Crippen molar-refractivity contribution in [3.8, 4) is 11.5 Å². The number of hydrogen-bond donors (Lipinski definition) is 0. The van der Waals surface area contributed by atoms with Gasteiger partial charge in [-0.05, 0) is 31.2 Å². The third-order valence-corrected chi connectivity index (χ3v) is 3.90. The maximum Gasteiger partial charge on any atom is 0.363 e. The van der Waals surface area contributed by atoms with Crippen molar-refractivity contribution in [3.05, 3.63) is 68.9 Å². The van der Waals surface area contributed by atoms with Crippen molar-refractivity contribution in [1.82, 2.24) is 0 Å². The summed E-state index contributed by atoms with van der Waals surface area (Å²) in [5.41, 5.74) is 1.59. The zero-order valence-corrected chi connectivity index (χ0v) is 13.6. The van der Waals surface area contributed by atoms with E-state index in [0.717, 1.165) is 5.56 Å². The summed E-state index contributed by atoms with van der Waals surface area (Å²) >= 11 is 0. The van der Waals surface area contributed by atoms with Gasteiger partial charge in [0.2, 0.25) is 12.7 Å². The van der Waals surface area contributed by atoms with E-state index in [1.807, 2.05) is 25.1 Å². The number of nitrogens with zero attached hydrogens (tertiary/aromatic N) is 2. The first-order chi connectivity index (χ1) is 12.5. The quantitative estimate of drug-likeness (QED) is 0.364. The van der Waals surface area contributed by atoms with E-state index in [1.54, 1.807) is 6.07 Å². The van der Waals surface area contributed by atoms with Gasteiger partial charge in [-0.2, -0.15) is 0 Å². The minimum atomic E-state index is -0.673. The Kier molecular flexibility index (Phi) is 3.65. The highest BCUT2D eigenvalue weighted by atomic mass is 16.7. The van der Waals surface area contributed by atoms with Gasteiger partial charge in [0.15, 0.2) is 17.2 Å². The Labute approximate surface area is 147 Å². The number of rotatable bonds is 3. The summed E-state index contributed by atoms with van der Waals surface area (Å²) in [5, 5.41) is 11.3. The Morgan fingerprint density at radius 1 is 1.19 bits per heavy atom. The van der Waals surface area contributed by atoms with Crippen LogP contribution in [0.15, 0.2) is 47.1 Å². The summed E-state index contributed by atoms with van der Waals surface area (Å²) in [4.78, 5) is 27.1. The summed E-state index contributed by atoms with van der Waals surface area (Å²) in [5.74, 6) is 0.148. The van der Waals surface area contributed by atoms with Crippen LogP contribution in [-0.2, 0) is 9.53 Å². The molecule has 0 bridgehead atoms. The van der Waals surface area contributed by atoms with Gasteiger partial charge in [-0.15, -0.1) is 0 Å². The van der Waals surface area contributed by atoms with Crippen molar-refractivity contribution in [2.75, 3.05) is 6.79 Å². The number of cyclic esters (lactones) is 1. The van der Waals surface area contributed by atoms with Crippen LogP contribution in [0.25, 0.3) is 6.08 Å². The number of esters is 1. The monoisotopic (exact) mass is 352 g/mol. The van der Waals surface area contributed by atoms with Gasteiger partial charge < -0.3 is 14.2 Å². The minimum absolute atomic E-state index is 0.00971. The molecule has 0 fully saturated rings. The Balaban J connectivity index is 1.76. The molecule has 0 aromatic heterocycles. The molecule has 4 rings (SSSR count). The van der Waals surface area contributed by atoms with Crippen molar-refractivity contribution >= 4 is 23.6 Å². The lowest BCUT2D eigenvalue weighted by Crippen LogP contribution is -2.05. The van der Waals surface area contributed by atoms with E-state index in [4.69, 9.17) is 14.2 Å². The number of hydrogen-bond acceptors (Lipinski definition) is 7. The maximum atomic E-state index is 12.1. The van der Waals surface area contributed by atoms with Gasteiger partial charge >= 0.3 is 5.97 Å². The molecule has 2 heterocycles. The molecule has 0 amide bonds. The fraction of sp³-hybridized carbons (Fsp3) is 0.111. The first-order valence-electron chi connectivity index (χ1n) is 7.69. The predicted molar refractivity (Wildman–Crippen MR) is 91.0 cm³/mol. The smallest absolute Gasteiger partial charge is 0.363 e. The van der Waals surface area contributed by atoms with Crippen molar-refractivity contribution in [3.63, 3.8) is 0 Å². The summed E-state index contributed by atoms with van der Waals surface area (Å²) in [6.45, 7) is 1.90. The molecular formula is C18H12N2O6. The van der Waals surface area contributed by atoms with Gasteiger partial charge in [0.05, 0.1) is 16.6 Å². The Morgan fingerprint density at radius 2 is 1.96 bits per heavy atom. The lowest BCUT2D eigenvalue weighted by atomic mass is 10.1. The standard InChI is InChI=1S/C18H12N2O6/c1-10-3-2-4-11(5-10)17-19-13(18(21)26-17)6-12-7-15-16(25-9-24-15)8-14(12)20(22)23/h2-8H,9H2,1H3/b13-6+. The largest absolute Gasteiger partial charge is 0.454 e. The summed E-state index contributed by atoms with van der Waals surface area (Å²) in [6, 6.07) is 10.0. The minimum Gasteiger partial charge on any atom is -0.454 e. The number of ether oxygens (including phenoxy) is 3. The fourth-order valence-corrected chi connectivity index (χ4v) is 2.68. The number of aryl methyl sites for hydroxylation is 1. The molecule has 0 saturated heterocycles. The highest BCUT2D eigenvalue weighted by Gasteiger charge is 2.27. The van der Waals surface area contributed by atoms with E-state index in [1.165, 1.54) is 18.2 Å². The van der Waals surface area contributed by atoms with Gasteiger partial charge in [-0.3, -0.25) is 10.1 Å². The molecule has 8 heteroatoms. The van der Waals surface area contributed by atoms with E-state index in [-0.39, 0.29) is 35.4 Å². The third-order valence-electron chi connectivity index (χ3n) is 3.90. The van der Waals surface area contributed by atoms with Crippen LogP contribution in [0.1, 0.15) is 16.7 Å². The second kappa shape index (κ2) is 5.99. The molecule has 0 aliphatic carbocycles. The Bertz CT molecular complexity index is 1010. The molecule has 2 aliphatic heterocycles. The predicted octanol–water partition coefficient (Wildman–Crippen LogP) is 2.98. The molecule has 2 aliphatic rings. The Morgan fingerprint density at radius 3 is 2.69 bits per heavy atom. The summed E-state index contributed by atoms with van der Waals surface area (Å²) < 4.78 is 15.6. The SMILES string of the molecule is Cc1cccc(C2=N/C(=C/c3cc4c(cc3[N+](=O)[O-])OCO4)C(=O)O2)c1. The van der Waals surface area contributed by atoms with Crippen molar-refractivity contribution in [2.45, 2.75) is 6.92 Å². The second-order valence-electron chi connectivity index (χ2n) is 5.73. The van der Waals surface area contributed by atoms with E-state index < -0.39 is 10.9 Å². The molecule has 0 unspecified atom stereocenters. The molecular weight excluding hydrogens is 340 g/mol. The molecule has 0 atom stereocenters. The number of aliphatic imine (C=N–C) groups is 1. The summed E-state index contributed by atoms with van der Waals surface area (Å²) in [7, 11) is 0. The Hall–Kier alpha value is -3.68. The third kappa shape index (κ3) is 2.77. The van der Waals surface area contributed by atoms with Crippen LogP contribution in [-0.4, -0.2) is 23.6 Å². The van der Waals surface area contributed by atoms with Gasteiger partial charge in [0.1, 0.15) is 0 Å². The number of nitro groups is 1. The van der Waals surface area contributed by atoms with Gasteiger partial charge in [0, 0.05) is 5.56 Å². The molecule has 130 valence electrons. The number of fused-ring (bicyclic) bond motifs is 1. The van der Waals surface area contributed by atoms with E-state index >= 15 is 0 Å². The lowest BCUT2D eigenvalue weighted by Gasteiger charge is -2.01. The molecule has 0 spiro atoms. The van der Waals surface area contributed by atoms with Gasteiger partial charge in [-0.1, -0.05) is 17.7 Å². The van der Waals surface area contributed by atoms with Crippen LogP contribution in [0.3, 0.4) is 0 Å². The lowest BCUT2D eigenvalue weighted by molar-refractivity contribution is -0.385. The number of nitro benzene ring substituents is 1. The van der Waals surface area contributed by atoms with Crippen LogP contribution in [0.2, 0.25) is 0 Å². The summed E-state index contributed by atoms with van der Waals surface area (Å²) in [6.07, 6.45) is 1.31. The van der Waals surface area contributed by atoms with E-state index in [0.29, 0.717) is 11.3 Å². The van der Waals surface area contributed by atoms with E-state index in [2.05, 4.69) is 4.99 Å².